The van der Waals surface area contributed by atoms with Crippen molar-refractivity contribution in [3.05, 3.63) is 44.1 Å². The Morgan fingerprint density at radius 3 is 2.84 bits per heavy atom. The highest BCUT2D eigenvalue weighted by molar-refractivity contribution is 6.31. The summed E-state index contributed by atoms with van der Waals surface area (Å²) in [6.07, 6.45) is 0. The van der Waals surface area contributed by atoms with E-state index in [2.05, 4.69) is 9.97 Å². The highest BCUT2D eigenvalue weighted by atomic mass is 35.5. The van der Waals surface area contributed by atoms with Crippen LogP contribution in [0.2, 0.25) is 5.02 Å². The molecule has 0 atom stereocenters. The van der Waals surface area contributed by atoms with Crippen LogP contribution in [0.4, 0.5) is 0 Å². The summed E-state index contributed by atoms with van der Waals surface area (Å²) in [4.78, 5) is 28.5. The molecule has 1 aromatic rings. The third-order valence-corrected chi connectivity index (χ3v) is 2.88. The summed E-state index contributed by atoms with van der Waals surface area (Å²) in [6, 6.07) is 4.76. The predicted molar refractivity (Wildman–Crippen MR) is 69.1 cm³/mol. The molecule has 0 amide bonds. The quantitative estimate of drug-likeness (QED) is 0.684. The zero-order valence-electron chi connectivity index (χ0n) is 9.69. The number of hydrogen-bond acceptors (Lipinski definition) is 5. The van der Waals surface area contributed by atoms with Crippen LogP contribution < -0.4 is 16.0 Å². The first-order valence-corrected chi connectivity index (χ1v) is 5.68. The van der Waals surface area contributed by atoms with Crippen LogP contribution in [-0.4, -0.2) is 17.1 Å². The van der Waals surface area contributed by atoms with Crippen molar-refractivity contribution in [3.8, 4) is 17.2 Å². The van der Waals surface area contributed by atoms with Gasteiger partial charge in [-0.15, -0.1) is 0 Å². The Bertz CT molecular complexity index is 868. The second kappa shape index (κ2) is 4.10. The highest BCUT2D eigenvalue weighted by Gasteiger charge is 2.16. The maximum absolute atomic E-state index is 11.7. The van der Waals surface area contributed by atoms with Crippen molar-refractivity contribution < 1.29 is 9.15 Å². The van der Waals surface area contributed by atoms with E-state index in [1.54, 1.807) is 18.2 Å². The number of halogens is 1. The van der Waals surface area contributed by atoms with Crippen LogP contribution in [0.25, 0.3) is 22.4 Å². The smallest absolute Gasteiger partial charge is 0.351 e. The third kappa shape index (κ3) is 1.86. The molecule has 0 fully saturated rings. The molecule has 96 valence electrons. The van der Waals surface area contributed by atoms with Crippen molar-refractivity contribution in [3.63, 3.8) is 0 Å². The molecule has 1 aromatic carbocycles. The number of benzene rings is 1. The maximum Gasteiger partial charge on any atom is 0.351 e. The van der Waals surface area contributed by atoms with Gasteiger partial charge >= 0.3 is 5.69 Å². The van der Waals surface area contributed by atoms with Gasteiger partial charge in [0.05, 0.1) is 7.11 Å². The van der Waals surface area contributed by atoms with E-state index in [9.17, 15) is 9.59 Å². The van der Waals surface area contributed by atoms with E-state index in [-0.39, 0.29) is 11.5 Å². The van der Waals surface area contributed by atoms with Gasteiger partial charge < -0.3 is 9.15 Å². The predicted octanol–water partition coefficient (Wildman–Crippen LogP) is 1.64. The Labute approximate surface area is 110 Å². The van der Waals surface area contributed by atoms with E-state index in [4.69, 9.17) is 20.8 Å². The molecule has 0 bridgehead atoms. The van der Waals surface area contributed by atoms with Crippen molar-refractivity contribution in [2.24, 2.45) is 0 Å². The molecule has 2 heterocycles. The molecule has 0 unspecified atom stereocenters. The number of nitrogens with zero attached hydrogens (tertiary/aromatic N) is 1. The van der Waals surface area contributed by atoms with Gasteiger partial charge in [-0.25, -0.2) is 4.79 Å². The molecule has 1 N–H and O–H groups in total. The van der Waals surface area contributed by atoms with Crippen LogP contribution in [0.5, 0.6) is 5.75 Å². The lowest BCUT2D eigenvalue weighted by Crippen LogP contribution is -2.24. The van der Waals surface area contributed by atoms with Crippen LogP contribution in [0.15, 0.2) is 32.2 Å². The number of nitrogens with one attached hydrogen (secondary N) is 1. The second-order valence-corrected chi connectivity index (χ2v) is 4.30. The first-order valence-electron chi connectivity index (χ1n) is 5.30. The van der Waals surface area contributed by atoms with E-state index >= 15 is 0 Å². The van der Waals surface area contributed by atoms with E-state index in [1.165, 1.54) is 7.11 Å². The van der Waals surface area contributed by atoms with E-state index in [0.717, 1.165) is 0 Å². The van der Waals surface area contributed by atoms with Crippen molar-refractivity contribution in [1.82, 2.24) is 9.97 Å². The largest absolute Gasteiger partial charge is 0.493 e. The van der Waals surface area contributed by atoms with Crippen molar-refractivity contribution in [2.45, 2.75) is 0 Å². The molecular formula is C12H7ClN2O4. The van der Waals surface area contributed by atoms with Crippen LogP contribution in [0.3, 0.4) is 0 Å². The van der Waals surface area contributed by atoms with Gasteiger partial charge in [0.25, 0.3) is 5.56 Å². The third-order valence-electron chi connectivity index (χ3n) is 2.67. The van der Waals surface area contributed by atoms with Gasteiger partial charge in [-0.2, -0.15) is 4.98 Å². The summed E-state index contributed by atoms with van der Waals surface area (Å²) >= 11 is 5.95. The fraction of sp³-hybridized carbons (Fsp3) is 0.0833. The molecule has 6 nitrogen and oxygen atoms in total. The minimum Gasteiger partial charge on any atom is -0.493 e. The number of aromatic amines is 1. The topological polar surface area (TPSA) is 85.2 Å². The Morgan fingerprint density at radius 1 is 1.32 bits per heavy atom. The average molecular weight is 279 g/mol. The monoisotopic (exact) mass is 278 g/mol. The fourth-order valence-corrected chi connectivity index (χ4v) is 2.07. The van der Waals surface area contributed by atoms with Gasteiger partial charge in [0.2, 0.25) is 5.89 Å². The summed E-state index contributed by atoms with van der Waals surface area (Å²) in [5.74, 6) is 0.362. The lowest BCUT2D eigenvalue weighted by molar-refractivity contribution is 0.409. The summed E-state index contributed by atoms with van der Waals surface area (Å²) in [6.45, 7) is 0. The molecule has 0 aliphatic carbocycles. The summed E-state index contributed by atoms with van der Waals surface area (Å²) < 4.78 is 10.6. The SMILES string of the molecule is COc1cc(Cl)cc2cc3c(=O)[nH]c(=O)nc-3oc12. The molecule has 0 spiro atoms. The zero-order chi connectivity index (χ0) is 13.6. The number of rotatable bonds is 1. The number of H-pyrrole nitrogens is 1. The summed E-state index contributed by atoms with van der Waals surface area (Å²) in [5, 5.41) is 1.03. The molecular weight excluding hydrogens is 272 g/mol. The van der Waals surface area contributed by atoms with E-state index in [1.807, 2.05) is 0 Å². The average Bonchev–Trinajstić information content (AvgIpc) is 2.36. The first-order chi connectivity index (χ1) is 9.08. The molecule has 3 rings (SSSR count). The Hall–Kier alpha value is -2.34. The molecule has 0 aromatic heterocycles. The van der Waals surface area contributed by atoms with Crippen LogP contribution >= 0.6 is 11.6 Å². The summed E-state index contributed by atoms with van der Waals surface area (Å²) in [7, 11) is 1.47. The molecule has 0 saturated heterocycles. The second-order valence-electron chi connectivity index (χ2n) is 3.86. The number of aromatic nitrogens is 2. The number of methoxy groups -OCH3 is 1. The van der Waals surface area contributed by atoms with Crippen LogP contribution in [0.1, 0.15) is 0 Å². The van der Waals surface area contributed by atoms with Gasteiger partial charge in [0.15, 0.2) is 11.3 Å². The normalized spacial score (nSPS) is 11.1. The van der Waals surface area contributed by atoms with Gasteiger partial charge in [0, 0.05) is 16.5 Å². The van der Waals surface area contributed by atoms with Crippen LogP contribution in [0, 0.1) is 0 Å². The van der Waals surface area contributed by atoms with E-state index in [0.29, 0.717) is 21.7 Å². The number of hydrogen-bond donors (Lipinski definition) is 1. The lowest BCUT2D eigenvalue weighted by atomic mass is 10.1. The Kier molecular flexibility index (Phi) is 2.53. The maximum atomic E-state index is 11.7. The van der Waals surface area contributed by atoms with Gasteiger partial charge in [-0.1, -0.05) is 11.6 Å². The van der Waals surface area contributed by atoms with E-state index < -0.39 is 11.2 Å². The zero-order valence-corrected chi connectivity index (χ0v) is 10.4. The lowest BCUT2D eigenvalue weighted by Gasteiger charge is -2.08. The number of ether oxygens (including phenoxy) is 1. The fourth-order valence-electron chi connectivity index (χ4n) is 1.86. The van der Waals surface area contributed by atoms with Gasteiger partial charge in [-0.3, -0.25) is 9.78 Å². The Morgan fingerprint density at radius 2 is 2.11 bits per heavy atom. The molecule has 2 aliphatic heterocycles. The molecule has 0 saturated carbocycles. The molecule has 19 heavy (non-hydrogen) atoms. The van der Waals surface area contributed by atoms with Gasteiger partial charge in [0.1, 0.15) is 5.56 Å². The first kappa shape index (κ1) is 11.7. The molecule has 0 radical (unpaired) electrons. The van der Waals surface area contributed by atoms with Crippen LogP contribution in [-0.2, 0) is 0 Å². The minimum atomic E-state index is -0.756. The minimum absolute atomic E-state index is 0.0399. The highest BCUT2D eigenvalue weighted by Crippen LogP contribution is 2.33. The van der Waals surface area contributed by atoms with Crippen molar-refractivity contribution >= 4 is 22.6 Å². The standard InChI is InChI=1S/C12H7ClN2O4/c1-18-8-4-6(13)2-5-3-7-10(16)14-12(17)15-11(7)19-9(5)8/h2-4H,1H3,(H,14,16,17). The molecule has 7 heteroatoms. The van der Waals surface area contributed by atoms with Gasteiger partial charge in [-0.05, 0) is 12.1 Å². The molecule has 2 aliphatic rings. The number of fused-ring (bicyclic) bond motifs is 2. The Balaban J connectivity index is 2.53. The summed E-state index contributed by atoms with van der Waals surface area (Å²) in [5.41, 5.74) is -0.763. The van der Waals surface area contributed by atoms with Crippen molar-refractivity contribution in [2.75, 3.05) is 7.11 Å². The van der Waals surface area contributed by atoms with Crippen molar-refractivity contribution in [1.29, 1.82) is 0 Å².